The van der Waals surface area contributed by atoms with Gasteiger partial charge in [0.2, 0.25) is 0 Å². The first-order chi connectivity index (χ1) is 7.10. The van der Waals surface area contributed by atoms with E-state index >= 15 is 0 Å². The molecule has 1 heterocycles. The first-order valence-electron chi connectivity index (χ1n) is 4.89. The Labute approximate surface area is 88.1 Å². The minimum Gasteiger partial charge on any atom is -0.393 e. The second kappa shape index (κ2) is 3.50. The van der Waals surface area contributed by atoms with Crippen LogP contribution >= 0.6 is 0 Å². The molecule has 0 aliphatic carbocycles. The molecular weight excluding hydrogens is 192 g/mol. The lowest BCUT2D eigenvalue weighted by Gasteiger charge is -2.17. The summed E-state index contributed by atoms with van der Waals surface area (Å²) in [6, 6.07) is 9.65. The quantitative estimate of drug-likeness (QED) is 0.544. The third-order valence-electron chi connectivity index (χ3n) is 2.67. The third kappa shape index (κ3) is 1.91. The van der Waals surface area contributed by atoms with Gasteiger partial charge in [0, 0.05) is 0 Å². The van der Waals surface area contributed by atoms with Crippen molar-refractivity contribution in [2.24, 2.45) is 5.41 Å². The van der Waals surface area contributed by atoms with Gasteiger partial charge >= 0.3 is 11.9 Å². The molecule has 3 nitrogen and oxygen atoms in total. The van der Waals surface area contributed by atoms with Gasteiger partial charge in [0.05, 0.1) is 11.8 Å². The summed E-state index contributed by atoms with van der Waals surface area (Å²) in [7, 11) is 0. The monoisotopic (exact) mass is 204 g/mol. The van der Waals surface area contributed by atoms with Crippen LogP contribution in [0.15, 0.2) is 30.3 Å². The number of carbonyl (C=O) groups is 2. The molecule has 1 atom stereocenters. The van der Waals surface area contributed by atoms with E-state index in [-0.39, 0.29) is 6.42 Å². The maximum atomic E-state index is 11.5. The van der Waals surface area contributed by atoms with Crippen LogP contribution in [0.4, 0.5) is 0 Å². The highest BCUT2D eigenvalue weighted by atomic mass is 16.6. The largest absolute Gasteiger partial charge is 0.393 e. The molecule has 0 radical (unpaired) electrons. The molecular formula is C12H12O3. The molecule has 1 aromatic carbocycles. The van der Waals surface area contributed by atoms with Crippen molar-refractivity contribution in [2.75, 3.05) is 0 Å². The molecule has 1 fully saturated rings. The predicted octanol–water partition coefficient (Wildman–Crippen LogP) is 1.71. The standard InChI is InChI=1S/C12H12O3/c1-12(8-10(13)15-11(12)14)7-9-5-3-2-4-6-9/h2-6H,7-8H2,1H3. The van der Waals surface area contributed by atoms with Gasteiger partial charge in [-0.3, -0.25) is 9.59 Å². The predicted molar refractivity (Wildman–Crippen MR) is 54.0 cm³/mol. The smallest absolute Gasteiger partial charge is 0.320 e. The number of esters is 2. The van der Waals surface area contributed by atoms with Crippen molar-refractivity contribution in [3.8, 4) is 0 Å². The molecule has 3 heteroatoms. The second-order valence-electron chi connectivity index (χ2n) is 4.16. The van der Waals surface area contributed by atoms with Crippen LogP contribution in [0.3, 0.4) is 0 Å². The van der Waals surface area contributed by atoms with Crippen LogP contribution in [-0.4, -0.2) is 11.9 Å². The van der Waals surface area contributed by atoms with Crippen LogP contribution in [0.1, 0.15) is 18.9 Å². The Hall–Kier alpha value is -1.64. The highest BCUT2D eigenvalue weighted by Crippen LogP contribution is 2.33. The zero-order valence-electron chi connectivity index (χ0n) is 8.53. The number of rotatable bonds is 2. The Balaban J connectivity index is 2.18. The number of benzene rings is 1. The molecule has 1 saturated heterocycles. The molecule has 1 aromatic rings. The summed E-state index contributed by atoms with van der Waals surface area (Å²) in [5, 5.41) is 0. The lowest BCUT2D eigenvalue weighted by atomic mass is 9.82. The van der Waals surface area contributed by atoms with Gasteiger partial charge in [-0.2, -0.15) is 0 Å². The van der Waals surface area contributed by atoms with E-state index in [2.05, 4.69) is 4.74 Å². The van der Waals surface area contributed by atoms with Gasteiger partial charge in [0.25, 0.3) is 0 Å². The van der Waals surface area contributed by atoms with E-state index in [1.54, 1.807) is 6.92 Å². The molecule has 0 aromatic heterocycles. The number of hydrogen-bond acceptors (Lipinski definition) is 3. The SMILES string of the molecule is CC1(Cc2ccccc2)CC(=O)OC1=O. The summed E-state index contributed by atoms with van der Waals surface area (Å²) in [4.78, 5) is 22.5. The first kappa shape index (κ1) is 9.90. The number of ether oxygens (including phenoxy) is 1. The molecule has 1 aliphatic rings. The average molecular weight is 204 g/mol. The number of carbonyl (C=O) groups excluding carboxylic acids is 2. The van der Waals surface area contributed by atoms with Gasteiger partial charge in [0.1, 0.15) is 0 Å². The van der Waals surface area contributed by atoms with Crippen molar-refractivity contribution in [2.45, 2.75) is 19.8 Å². The van der Waals surface area contributed by atoms with Crippen LogP contribution in [0, 0.1) is 5.41 Å². The lowest BCUT2D eigenvalue weighted by Crippen LogP contribution is -2.25. The van der Waals surface area contributed by atoms with Crippen molar-refractivity contribution in [3.05, 3.63) is 35.9 Å². The topological polar surface area (TPSA) is 43.4 Å². The van der Waals surface area contributed by atoms with E-state index < -0.39 is 17.4 Å². The fraction of sp³-hybridized carbons (Fsp3) is 0.333. The van der Waals surface area contributed by atoms with E-state index in [1.807, 2.05) is 30.3 Å². The van der Waals surface area contributed by atoms with Crippen LogP contribution in [0.5, 0.6) is 0 Å². The molecule has 1 aliphatic heterocycles. The van der Waals surface area contributed by atoms with Gasteiger partial charge in [-0.25, -0.2) is 0 Å². The van der Waals surface area contributed by atoms with E-state index in [1.165, 1.54) is 0 Å². The maximum Gasteiger partial charge on any atom is 0.320 e. The number of hydrogen-bond donors (Lipinski definition) is 0. The Morgan fingerprint density at radius 3 is 2.47 bits per heavy atom. The summed E-state index contributed by atoms with van der Waals surface area (Å²) >= 11 is 0. The molecule has 2 rings (SSSR count). The van der Waals surface area contributed by atoms with Crippen LogP contribution in [-0.2, 0) is 20.7 Å². The lowest BCUT2D eigenvalue weighted by molar-refractivity contribution is -0.154. The third-order valence-corrected chi connectivity index (χ3v) is 2.67. The van der Waals surface area contributed by atoms with Crippen molar-refractivity contribution >= 4 is 11.9 Å². The average Bonchev–Trinajstić information content (AvgIpc) is 2.41. The molecule has 78 valence electrons. The van der Waals surface area contributed by atoms with Crippen molar-refractivity contribution < 1.29 is 14.3 Å². The zero-order chi connectivity index (χ0) is 10.9. The molecule has 0 N–H and O–H groups in total. The van der Waals surface area contributed by atoms with Gasteiger partial charge in [-0.1, -0.05) is 30.3 Å². The van der Waals surface area contributed by atoms with Gasteiger partial charge in [-0.05, 0) is 18.9 Å². The fourth-order valence-corrected chi connectivity index (χ4v) is 1.83. The summed E-state index contributed by atoms with van der Waals surface area (Å²) in [6.45, 7) is 1.77. The Kier molecular flexibility index (Phi) is 2.31. The molecule has 1 unspecified atom stereocenters. The van der Waals surface area contributed by atoms with Crippen molar-refractivity contribution in [1.82, 2.24) is 0 Å². The van der Waals surface area contributed by atoms with Crippen LogP contribution in [0.2, 0.25) is 0 Å². The normalized spacial score (nSPS) is 25.4. The Morgan fingerprint density at radius 1 is 1.27 bits per heavy atom. The minimum atomic E-state index is -0.682. The second-order valence-corrected chi connectivity index (χ2v) is 4.16. The van der Waals surface area contributed by atoms with Crippen molar-refractivity contribution in [3.63, 3.8) is 0 Å². The molecule has 0 saturated carbocycles. The fourth-order valence-electron chi connectivity index (χ4n) is 1.83. The van der Waals surface area contributed by atoms with Crippen molar-refractivity contribution in [1.29, 1.82) is 0 Å². The summed E-state index contributed by atoms with van der Waals surface area (Å²) in [6.07, 6.45) is 0.735. The highest BCUT2D eigenvalue weighted by Gasteiger charge is 2.45. The molecule has 0 bridgehead atoms. The molecule has 15 heavy (non-hydrogen) atoms. The maximum absolute atomic E-state index is 11.5. The Morgan fingerprint density at radius 2 is 1.93 bits per heavy atom. The van der Waals surface area contributed by atoms with Crippen LogP contribution in [0.25, 0.3) is 0 Å². The first-order valence-corrected chi connectivity index (χ1v) is 4.89. The summed E-state index contributed by atoms with van der Waals surface area (Å²) in [5.74, 6) is -0.824. The van der Waals surface area contributed by atoms with Gasteiger partial charge in [0.15, 0.2) is 0 Å². The highest BCUT2D eigenvalue weighted by molar-refractivity contribution is 5.97. The molecule has 0 spiro atoms. The van der Waals surface area contributed by atoms with E-state index in [4.69, 9.17) is 0 Å². The van der Waals surface area contributed by atoms with Crippen LogP contribution < -0.4 is 0 Å². The summed E-state index contributed by atoms with van der Waals surface area (Å²) in [5.41, 5.74) is 0.366. The van der Waals surface area contributed by atoms with E-state index in [0.717, 1.165) is 5.56 Å². The zero-order valence-corrected chi connectivity index (χ0v) is 8.53. The van der Waals surface area contributed by atoms with Gasteiger partial charge in [-0.15, -0.1) is 0 Å². The summed E-state index contributed by atoms with van der Waals surface area (Å²) < 4.78 is 4.57. The van der Waals surface area contributed by atoms with E-state index in [9.17, 15) is 9.59 Å². The van der Waals surface area contributed by atoms with Gasteiger partial charge < -0.3 is 4.74 Å². The molecule has 0 amide bonds. The number of cyclic esters (lactones) is 2. The van der Waals surface area contributed by atoms with E-state index in [0.29, 0.717) is 6.42 Å². The minimum absolute atomic E-state index is 0.181. The Bertz CT molecular complexity index is 397.